The molecular formula is C77H124N18O25S3. The number of aromatic amines is 1. The molecule has 43 nitrogen and oxygen atoms in total. The number of aliphatic carboxylic acids is 4. The first-order valence-electron chi connectivity index (χ1n) is 40.3. The molecule has 123 heavy (non-hydrogen) atoms. The van der Waals surface area contributed by atoms with Crippen molar-refractivity contribution in [3.8, 4) is 0 Å². The summed E-state index contributed by atoms with van der Waals surface area (Å²) in [4.78, 5) is 256. The number of carbonyl (C=O) groups excluding carboxylic acids is 15. The van der Waals surface area contributed by atoms with Crippen molar-refractivity contribution in [1.82, 2.24) is 84.7 Å². The van der Waals surface area contributed by atoms with E-state index in [1.54, 1.807) is 78.3 Å². The number of benzene rings is 1. The molecule has 0 aliphatic carbocycles. The van der Waals surface area contributed by atoms with Gasteiger partial charge in [-0.2, -0.15) is 11.8 Å². The first-order valence-corrected chi connectivity index (χ1v) is 44.0. The second-order valence-corrected chi connectivity index (χ2v) is 32.8. The number of carboxylic acids is 4. The Balaban J connectivity index is 2.30. The summed E-state index contributed by atoms with van der Waals surface area (Å²) in [5, 5.41) is 97.6. The highest BCUT2D eigenvalue weighted by molar-refractivity contribution is 7.99. The van der Waals surface area contributed by atoms with E-state index in [2.05, 4.69) is 84.7 Å². The summed E-state index contributed by atoms with van der Waals surface area (Å²) in [6.07, 6.45) is 0.491. The third-order valence-electron chi connectivity index (χ3n) is 19.2. The Morgan fingerprint density at radius 1 is 0.447 bits per heavy atom. The number of aromatic nitrogens is 1. The fourth-order valence-electron chi connectivity index (χ4n) is 11.8. The smallest absolute Gasteiger partial charge is 0.326 e. The SMILES string of the molecule is CC[C@H](C)[C@H](NC(=O)[C@H](CC(=O)O)NC(=O)CCCCCNC(=O)[C@H](CSCNC(C)=O)NC(=O)[C@H](CCC(=O)O)NC(=O)[C@H](CCCCN)NC(=O)[C@H](CC(=O)O)NC(=O)[C@H](CCSC)NC(=O)[C@H](CC(C)C)NC(=O)[C@H](CO)NC(=O)[C@H](CO)NC(=O)[C@@H](N)CSCNC(C)=O)C(=O)N[C@H](C(=O)N[C@@H](Cc1c[nH]c2ccccc12)C(=O)O)[C@@H](C)CC. The molecule has 0 saturated carbocycles. The van der Waals surface area contributed by atoms with E-state index in [4.69, 9.17) is 11.5 Å². The molecule has 2 aromatic rings. The van der Waals surface area contributed by atoms with Gasteiger partial charge in [0.15, 0.2) is 0 Å². The molecule has 15 amide bonds. The van der Waals surface area contributed by atoms with Crippen LogP contribution < -0.4 is 91.2 Å². The Labute approximate surface area is 725 Å². The highest BCUT2D eigenvalue weighted by Crippen LogP contribution is 2.21. The molecule has 2 rings (SSSR count). The van der Waals surface area contributed by atoms with Crippen LogP contribution in [0.1, 0.15) is 157 Å². The average molecular weight is 1800 g/mol. The summed E-state index contributed by atoms with van der Waals surface area (Å²) in [6, 6.07) is -13.3. The van der Waals surface area contributed by atoms with E-state index in [1.807, 2.05) is 0 Å². The molecule has 1 aromatic carbocycles. The highest BCUT2D eigenvalue weighted by Gasteiger charge is 2.39. The van der Waals surface area contributed by atoms with Crippen LogP contribution in [0.15, 0.2) is 30.5 Å². The number of fused-ring (bicyclic) bond motifs is 1. The molecule has 0 aliphatic rings. The Hall–Kier alpha value is -10.4. The first-order chi connectivity index (χ1) is 58.1. The number of thioether (sulfide) groups is 3. The quantitative estimate of drug-likeness (QED) is 0.0222. The fraction of sp³-hybridized carbons (Fsp3) is 0.649. The van der Waals surface area contributed by atoms with Crippen molar-refractivity contribution in [1.29, 1.82) is 0 Å². The zero-order valence-electron chi connectivity index (χ0n) is 70.6. The van der Waals surface area contributed by atoms with Crippen molar-refractivity contribution in [2.24, 2.45) is 29.2 Å². The van der Waals surface area contributed by atoms with Crippen LogP contribution in [0.4, 0.5) is 0 Å². The molecule has 0 fully saturated rings. The van der Waals surface area contributed by atoms with Crippen molar-refractivity contribution in [2.45, 2.75) is 237 Å². The van der Waals surface area contributed by atoms with E-state index in [1.165, 1.54) is 25.6 Å². The number of para-hydroxylation sites is 1. The monoisotopic (exact) mass is 1800 g/mol. The molecule has 0 aliphatic heterocycles. The normalized spacial score (nSPS) is 14.8. The zero-order valence-corrected chi connectivity index (χ0v) is 73.1. The van der Waals surface area contributed by atoms with Gasteiger partial charge in [0, 0.05) is 68.3 Å². The van der Waals surface area contributed by atoms with E-state index in [-0.39, 0.29) is 118 Å². The van der Waals surface area contributed by atoms with Crippen LogP contribution in [-0.2, 0) is 97.5 Å². The number of aliphatic hydroxyl groups excluding tert-OH is 2. The van der Waals surface area contributed by atoms with Crippen LogP contribution in [0.5, 0.6) is 0 Å². The van der Waals surface area contributed by atoms with Gasteiger partial charge in [0.05, 0.1) is 43.9 Å². The minimum absolute atomic E-state index is 0.0142. The summed E-state index contributed by atoms with van der Waals surface area (Å²) in [5.74, 6) is -21.3. The topological polar surface area (TPSA) is 694 Å². The maximum atomic E-state index is 14.4. The number of H-pyrrole nitrogens is 1. The van der Waals surface area contributed by atoms with Crippen LogP contribution in [0, 0.1) is 17.8 Å². The number of rotatable bonds is 63. The Kier molecular flexibility index (Phi) is 51.8. The molecule has 0 unspecified atom stereocenters. The fourth-order valence-corrected chi connectivity index (χ4v) is 14.0. The average Bonchev–Trinajstić information content (AvgIpc) is 1.66. The summed E-state index contributed by atoms with van der Waals surface area (Å²) in [6.45, 7) is 10.5. The van der Waals surface area contributed by atoms with Crippen LogP contribution >= 0.6 is 35.3 Å². The lowest BCUT2D eigenvalue weighted by Crippen LogP contribution is -2.61. The molecule has 46 heteroatoms. The van der Waals surface area contributed by atoms with Crippen molar-refractivity contribution in [3.05, 3.63) is 36.0 Å². The molecule has 0 bridgehead atoms. The second kappa shape index (κ2) is 58.6. The van der Waals surface area contributed by atoms with Gasteiger partial charge in [0.1, 0.15) is 72.5 Å². The lowest BCUT2D eigenvalue weighted by atomic mass is 9.94. The highest BCUT2D eigenvalue weighted by atomic mass is 32.2. The van der Waals surface area contributed by atoms with Crippen LogP contribution in [0.3, 0.4) is 0 Å². The summed E-state index contributed by atoms with van der Waals surface area (Å²) in [7, 11) is 0. The third-order valence-corrected chi connectivity index (χ3v) is 21.7. The number of hydrogen-bond acceptors (Lipinski definition) is 26. The lowest BCUT2D eigenvalue weighted by Gasteiger charge is -2.30. The van der Waals surface area contributed by atoms with Crippen molar-refractivity contribution in [3.63, 3.8) is 0 Å². The largest absolute Gasteiger partial charge is 0.481 e. The number of carboxylic acid groups (broad SMARTS) is 4. The number of aliphatic hydroxyl groups is 2. The van der Waals surface area contributed by atoms with E-state index in [0.717, 1.165) is 34.4 Å². The Morgan fingerprint density at radius 2 is 0.894 bits per heavy atom. The summed E-state index contributed by atoms with van der Waals surface area (Å²) in [5.41, 5.74) is 13.0. The minimum Gasteiger partial charge on any atom is -0.481 e. The Bertz CT molecular complexity index is 3880. The third kappa shape index (κ3) is 42.0. The predicted octanol–water partition coefficient (Wildman–Crippen LogP) is -3.91. The number of unbranched alkanes of at least 4 members (excludes halogenated alkanes) is 3. The number of hydrogen-bond donors (Lipinski definition) is 24. The molecule has 1 aromatic heterocycles. The summed E-state index contributed by atoms with van der Waals surface area (Å²) < 4.78 is 0. The predicted molar refractivity (Wildman–Crippen MR) is 454 cm³/mol. The Morgan fingerprint density at radius 3 is 1.41 bits per heavy atom. The minimum atomic E-state index is -2.00. The second-order valence-electron chi connectivity index (χ2n) is 29.7. The lowest BCUT2D eigenvalue weighted by molar-refractivity contribution is -0.143. The van der Waals surface area contributed by atoms with Gasteiger partial charge >= 0.3 is 23.9 Å². The van der Waals surface area contributed by atoms with Crippen LogP contribution in [-0.4, -0.2) is 288 Å². The van der Waals surface area contributed by atoms with Gasteiger partial charge in [-0.05, 0) is 99.3 Å². The van der Waals surface area contributed by atoms with Crippen molar-refractivity contribution in [2.75, 3.05) is 61.6 Å². The standard InChI is InChI=1S/C77H124N18O25S3/c1-10-41(5)63(75(117)90-55(77(119)120)30-45-33-81-48-20-15-14-19-46(45)48)95-76(118)64(42(6)11-2)94-72(114)53(31-61(103)104)84-59(100)22-13-12-18-27-80-66(108)58(37-123-39-83-44(8)99)93-68(110)50(23-24-60(101)102)86-67(109)49(21-16-17-26-78)85-71(113)54(32-62(105)106)89-69(111)51(25-28-121-9)87-70(112)52(29-40(3)4)88-73(115)57(35-97)92-74(116)56(34-96)91-65(107)47(79)36-122-38-82-43(7)98/h14-15,19-20,33,40-42,47,49-58,63-64,81,96-97H,10-13,16-18,21-32,34-39,78-79H2,1-9H3,(H,80,108)(H,82,98)(H,83,99)(H,84,100)(H,85,113)(H,86,109)(H,87,112)(H,88,115)(H,89,111)(H,90,117)(H,91,107)(H,92,116)(H,93,110)(H,94,114)(H,95,118)(H,101,102)(H,103,104)(H,105,106)(H,119,120)/t41-,42-,47-,49-,50-,51-,52-,53-,54-,55-,56-,57-,58-,63-,64-/m0/s1. The van der Waals surface area contributed by atoms with Gasteiger partial charge in [-0.3, -0.25) is 86.3 Å². The molecule has 26 N–H and O–H groups in total. The van der Waals surface area contributed by atoms with Gasteiger partial charge < -0.3 is 127 Å². The van der Waals surface area contributed by atoms with Crippen molar-refractivity contribution < 1.29 is 122 Å². The van der Waals surface area contributed by atoms with Crippen LogP contribution in [0.2, 0.25) is 0 Å². The van der Waals surface area contributed by atoms with E-state index in [9.17, 15) is 122 Å². The van der Waals surface area contributed by atoms with Gasteiger partial charge in [-0.15, -0.1) is 23.5 Å². The van der Waals surface area contributed by atoms with Gasteiger partial charge in [0.2, 0.25) is 88.6 Å². The number of nitrogens with one attached hydrogen (secondary N) is 16. The van der Waals surface area contributed by atoms with E-state index >= 15 is 0 Å². The van der Waals surface area contributed by atoms with Crippen LogP contribution in [0.25, 0.3) is 10.9 Å². The molecule has 0 radical (unpaired) electrons. The number of nitrogens with two attached hydrogens (primary N) is 2. The van der Waals surface area contributed by atoms with E-state index in [0.29, 0.717) is 18.4 Å². The molecule has 0 spiro atoms. The molecular weight excluding hydrogens is 1670 g/mol. The molecule has 690 valence electrons. The zero-order chi connectivity index (χ0) is 92.6. The van der Waals surface area contributed by atoms with Crippen molar-refractivity contribution >= 4 is 159 Å². The summed E-state index contributed by atoms with van der Waals surface area (Å²) >= 11 is 3.28. The van der Waals surface area contributed by atoms with E-state index < -0.39 is 236 Å². The van der Waals surface area contributed by atoms with Gasteiger partial charge in [-0.25, -0.2) is 4.79 Å². The van der Waals surface area contributed by atoms with Gasteiger partial charge in [-0.1, -0.05) is 79.0 Å². The molecule has 15 atom stereocenters. The molecule has 0 saturated heterocycles. The maximum Gasteiger partial charge on any atom is 0.326 e. The maximum absolute atomic E-state index is 14.4. The number of amides is 15. The number of carbonyl (C=O) groups is 19. The first kappa shape index (κ1) is 109. The van der Waals surface area contributed by atoms with Gasteiger partial charge in [0.25, 0.3) is 0 Å². The molecule has 1 heterocycles.